The van der Waals surface area contributed by atoms with Gasteiger partial charge in [0.1, 0.15) is 67.8 Å². The standard InChI is InChI=1S/C54H36N6O6/c1-4-43(61)64-40-28-22-37(23-29-40)58-49-46(55-52(58)34-16-10-7-11-17-34)50-48(57-54(36-20-14-9-15-21-36)59(50)38-24-30-41(31-25-38)65-44(62)5-2)51-47(49)56-53(35-18-12-8-13-19-35)60(51)39-26-32-42(33-27-39)66-45(63)6-3/h4-33H,1-3H2. The minimum absolute atomic E-state index is 0.340. The van der Waals surface area contributed by atoms with E-state index in [1.54, 1.807) is 36.4 Å². The largest absolute Gasteiger partial charge is 0.423 e. The van der Waals surface area contributed by atoms with Crippen LogP contribution in [-0.2, 0) is 14.4 Å². The van der Waals surface area contributed by atoms with Gasteiger partial charge in [-0.2, -0.15) is 0 Å². The van der Waals surface area contributed by atoms with Crippen molar-refractivity contribution in [3.05, 3.63) is 202 Å². The molecule has 10 rings (SSSR count). The second-order valence-electron chi connectivity index (χ2n) is 14.9. The van der Waals surface area contributed by atoms with Gasteiger partial charge in [0.15, 0.2) is 0 Å². The molecule has 0 fully saturated rings. The van der Waals surface area contributed by atoms with Crippen molar-refractivity contribution >= 4 is 51.0 Å². The number of aromatic nitrogens is 6. The van der Waals surface area contributed by atoms with Gasteiger partial charge in [0.25, 0.3) is 0 Å². The van der Waals surface area contributed by atoms with Crippen LogP contribution < -0.4 is 14.2 Å². The quantitative estimate of drug-likeness (QED) is 0.0668. The van der Waals surface area contributed by atoms with Crippen molar-refractivity contribution in [2.45, 2.75) is 0 Å². The first-order chi connectivity index (χ1) is 32.3. The molecule has 0 aliphatic carbocycles. The Morgan fingerprint density at radius 1 is 0.364 bits per heavy atom. The molecule has 0 amide bonds. The molecule has 3 heterocycles. The van der Waals surface area contributed by atoms with Crippen molar-refractivity contribution in [3.63, 3.8) is 0 Å². The maximum Gasteiger partial charge on any atom is 0.335 e. The molecule has 7 aromatic carbocycles. The summed E-state index contributed by atoms with van der Waals surface area (Å²) in [6.45, 7) is 10.6. The van der Waals surface area contributed by atoms with Gasteiger partial charge in [0, 0.05) is 52.0 Å². The number of carbonyl (C=O) groups excluding carboxylic acids is 3. The van der Waals surface area contributed by atoms with E-state index in [4.69, 9.17) is 29.2 Å². The van der Waals surface area contributed by atoms with E-state index in [2.05, 4.69) is 33.4 Å². The van der Waals surface area contributed by atoms with E-state index < -0.39 is 17.9 Å². The second-order valence-corrected chi connectivity index (χ2v) is 14.9. The van der Waals surface area contributed by atoms with Crippen molar-refractivity contribution < 1.29 is 28.6 Å². The van der Waals surface area contributed by atoms with E-state index in [1.165, 1.54) is 0 Å². The summed E-state index contributed by atoms with van der Waals surface area (Å²) in [6, 6.07) is 51.1. The van der Waals surface area contributed by atoms with Crippen molar-refractivity contribution in [1.29, 1.82) is 0 Å². The van der Waals surface area contributed by atoms with E-state index in [1.807, 2.05) is 127 Å². The third kappa shape index (κ3) is 7.29. The second kappa shape index (κ2) is 17.0. The number of esters is 3. The van der Waals surface area contributed by atoms with Gasteiger partial charge in [0.2, 0.25) is 0 Å². The van der Waals surface area contributed by atoms with E-state index in [0.717, 1.165) is 34.9 Å². The van der Waals surface area contributed by atoms with Gasteiger partial charge in [-0.3, -0.25) is 13.7 Å². The first-order valence-electron chi connectivity index (χ1n) is 20.7. The zero-order valence-electron chi connectivity index (χ0n) is 35.1. The number of imidazole rings is 3. The summed E-state index contributed by atoms with van der Waals surface area (Å²) in [5, 5.41) is 0. The van der Waals surface area contributed by atoms with Gasteiger partial charge in [-0.15, -0.1) is 0 Å². The average molecular weight is 865 g/mol. The molecule has 0 unspecified atom stereocenters. The number of benzene rings is 7. The summed E-state index contributed by atoms with van der Waals surface area (Å²) in [6.07, 6.45) is 3.34. The Kier molecular flexibility index (Phi) is 10.5. The number of fused-ring (bicyclic) bond motifs is 6. The minimum Gasteiger partial charge on any atom is -0.423 e. The molecular weight excluding hydrogens is 829 g/mol. The van der Waals surface area contributed by atoms with E-state index >= 15 is 0 Å². The molecule has 0 spiro atoms. The van der Waals surface area contributed by atoms with Crippen molar-refractivity contribution in [2.24, 2.45) is 0 Å². The number of hydrogen-bond acceptors (Lipinski definition) is 9. The van der Waals surface area contributed by atoms with Crippen LogP contribution in [-0.4, -0.2) is 46.6 Å². The molecule has 0 saturated carbocycles. The summed E-state index contributed by atoms with van der Waals surface area (Å²) in [7, 11) is 0. The Morgan fingerprint density at radius 3 is 0.833 bits per heavy atom. The fourth-order valence-electron chi connectivity index (χ4n) is 7.97. The SMILES string of the molecule is C=CC(=O)Oc1ccc(-n2c(-c3ccccc3)nc3c2c2nc(-c4ccccc4)n(-c4ccc(OC(=O)C=C)cc4)c2c2nc(-c4ccccc4)n(-c4ccc(OC(=O)C=C)cc4)c32)cc1. The maximum atomic E-state index is 12.2. The summed E-state index contributed by atoms with van der Waals surface area (Å²) >= 11 is 0. The summed E-state index contributed by atoms with van der Waals surface area (Å²) in [5.41, 5.74) is 8.37. The molecule has 318 valence electrons. The predicted molar refractivity (Wildman–Crippen MR) is 254 cm³/mol. The van der Waals surface area contributed by atoms with Gasteiger partial charge >= 0.3 is 17.9 Å². The van der Waals surface area contributed by atoms with Crippen molar-refractivity contribution in [1.82, 2.24) is 28.7 Å². The molecular formula is C54H36N6O6. The Morgan fingerprint density at radius 2 is 0.606 bits per heavy atom. The molecule has 12 nitrogen and oxygen atoms in total. The van der Waals surface area contributed by atoms with Crippen LogP contribution in [0.4, 0.5) is 0 Å². The lowest BCUT2D eigenvalue weighted by Crippen LogP contribution is -2.04. The van der Waals surface area contributed by atoms with E-state index in [9.17, 15) is 14.4 Å². The molecule has 10 aromatic rings. The smallest absolute Gasteiger partial charge is 0.335 e. The Hall–Kier alpha value is -9.42. The summed E-state index contributed by atoms with van der Waals surface area (Å²) in [4.78, 5) is 53.3. The lowest BCUT2D eigenvalue weighted by atomic mass is 10.1. The number of nitrogens with zero attached hydrogens (tertiary/aromatic N) is 6. The number of carbonyl (C=O) groups is 3. The zero-order chi connectivity index (χ0) is 45.3. The van der Waals surface area contributed by atoms with Crippen LogP contribution in [0.1, 0.15) is 0 Å². The van der Waals surface area contributed by atoms with Gasteiger partial charge < -0.3 is 14.2 Å². The fourth-order valence-corrected chi connectivity index (χ4v) is 7.97. The lowest BCUT2D eigenvalue weighted by Gasteiger charge is -2.13. The highest BCUT2D eigenvalue weighted by Crippen LogP contribution is 2.44. The van der Waals surface area contributed by atoms with E-state index in [0.29, 0.717) is 84.9 Å². The maximum absolute atomic E-state index is 12.2. The monoisotopic (exact) mass is 864 g/mol. The minimum atomic E-state index is -0.579. The fraction of sp³-hybridized carbons (Fsp3) is 0. The first kappa shape index (κ1) is 40.6. The van der Waals surface area contributed by atoms with Crippen LogP contribution in [0.3, 0.4) is 0 Å². The Bertz CT molecular complexity index is 3120. The van der Waals surface area contributed by atoms with Gasteiger partial charge in [0.05, 0.1) is 0 Å². The highest BCUT2D eigenvalue weighted by molar-refractivity contribution is 6.22. The molecule has 12 heteroatoms. The summed E-state index contributed by atoms with van der Waals surface area (Å²) < 4.78 is 22.7. The van der Waals surface area contributed by atoms with Crippen molar-refractivity contribution in [3.8, 4) is 68.5 Å². The lowest BCUT2D eigenvalue weighted by molar-refractivity contribution is -0.129. The van der Waals surface area contributed by atoms with Gasteiger partial charge in [-0.1, -0.05) is 111 Å². The molecule has 0 N–H and O–H groups in total. The van der Waals surface area contributed by atoms with Crippen LogP contribution in [0.2, 0.25) is 0 Å². The van der Waals surface area contributed by atoms with Crippen LogP contribution in [0.5, 0.6) is 17.2 Å². The average Bonchev–Trinajstić information content (AvgIpc) is 4.08. The molecule has 0 aliphatic rings. The third-order valence-electron chi connectivity index (χ3n) is 10.8. The third-order valence-corrected chi connectivity index (χ3v) is 10.8. The van der Waals surface area contributed by atoms with Crippen LogP contribution in [0.15, 0.2) is 202 Å². The Labute approximate surface area is 377 Å². The number of hydrogen-bond donors (Lipinski definition) is 0. The van der Waals surface area contributed by atoms with Crippen LogP contribution >= 0.6 is 0 Å². The van der Waals surface area contributed by atoms with Gasteiger partial charge in [-0.25, -0.2) is 29.3 Å². The van der Waals surface area contributed by atoms with Crippen molar-refractivity contribution in [2.75, 3.05) is 0 Å². The van der Waals surface area contributed by atoms with Crippen LogP contribution in [0, 0.1) is 0 Å². The molecule has 66 heavy (non-hydrogen) atoms. The first-order valence-corrected chi connectivity index (χ1v) is 20.7. The highest BCUT2D eigenvalue weighted by Gasteiger charge is 2.30. The zero-order valence-corrected chi connectivity index (χ0v) is 35.1. The Balaban J connectivity index is 1.39. The molecule has 3 aromatic heterocycles. The summed E-state index contributed by atoms with van der Waals surface area (Å²) in [5.74, 6) is 1.12. The molecule has 0 radical (unpaired) electrons. The highest BCUT2D eigenvalue weighted by atomic mass is 16.5. The molecule has 0 aliphatic heterocycles. The molecule has 0 bridgehead atoms. The molecule has 0 atom stereocenters. The van der Waals surface area contributed by atoms with Gasteiger partial charge in [-0.05, 0) is 72.8 Å². The number of ether oxygens (including phenoxy) is 3. The molecule has 0 saturated heterocycles. The normalized spacial score (nSPS) is 11.1. The van der Waals surface area contributed by atoms with E-state index in [-0.39, 0.29) is 0 Å². The topological polar surface area (TPSA) is 132 Å². The number of rotatable bonds is 12. The predicted octanol–water partition coefficient (Wildman–Crippen LogP) is 11.0. The van der Waals surface area contributed by atoms with Crippen LogP contribution in [0.25, 0.3) is 84.3 Å².